The van der Waals surface area contributed by atoms with E-state index in [-0.39, 0.29) is 5.41 Å². The first-order valence-corrected chi connectivity index (χ1v) is 8.01. The highest BCUT2D eigenvalue weighted by atomic mass is 32.2. The van der Waals surface area contributed by atoms with E-state index in [2.05, 4.69) is 69.0 Å². The van der Waals surface area contributed by atoms with Crippen LogP contribution >= 0.6 is 11.8 Å². The fourth-order valence-electron chi connectivity index (χ4n) is 2.58. The Labute approximate surface area is 116 Å². The molecule has 0 radical (unpaired) electrons. The quantitative estimate of drug-likeness (QED) is 0.831. The third-order valence-electron chi connectivity index (χ3n) is 3.68. The van der Waals surface area contributed by atoms with Crippen molar-refractivity contribution in [3.63, 3.8) is 0 Å². The molecule has 1 aromatic rings. The van der Waals surface area contributed by atoms with Gasteiger partial charge in [-0.2, -0.15) is 11.8 Å². The number of benzene rings is 1. The molecule has 1 nitrogen and oxygen atoms in total. The van der Waals surface area contributed by atoms with Gasteiger partial charge in [-0.05, 0) is 35.6 Å². The van der Waals surface area contributed by atoms with Gasteiger partial charge in [0, 0.05) is 17.0 Å². The second-order valence-corrected chi connectivity index (χ2v) is 7.75. The lowest BCUT2D eigenvalue weighted by molar-refractivity contribution is 0.582. The van der Waals surface area contributed by atoms with E-state index in [4.69, 9.17) is 0 Å². The molecule has 18 heavy (non-hydrogen) atoms. The van der Waals surface area contributed by atoms with Crippen molar-refractivity contribution < 1.29 is 0 Å². The monoisotopic (exact) mass is 263 g/mol. The summed E-state index contributed by atoms with van der Waals surface area (Å²) >= 11 is 2.10. The predicted octanol–water partition coefficient (Wildman–Crippen LogP) is 4.68. The van der Waals surface area contributed by atoms with Crippen LogP contribution in [-0.4, -0.2) is 17.0 Å². The predicted molar refractivity (Wildman–Crippen MR) is 83.7 cm³/mol. The standard InChI is InChI=1S/C16H25NS/c1-12-14(10-7-11-18-12)17-15-9-6-5-8-13(15)16(2,3)4/h5-6,8-9,12,14,17H,7,10-11H2,1-4H3. The lowest BCUT2D eigenvalue weighted by Crippen LogP contribution is -2.33. The lowest BCUT2D eigenvalue weighted by atomic mass is 9.85. The van der Waals surface area contributed by atoms with Gasteiger partial charge < -0.3 is 5.32 Å². The van der Waals surface area contributed by atoms with E-state index in [1.54, 1.807) is 0 Å². The highest BCUT2D eigenvalue weighted by Gasteiger charge is 2.24. The van der Waals surface area contributed by atoms with Gasteiger partial charge in [-0.1, -0.05) is 45.9 Å². The van der Waals surface area contributed by atoms with Crippen LogP contribution in [0, 0.1) is 0 Å². The Kier molecular flexibility index (Phi) is 4.26. The van der Waals surface area contributed by atoms with Crippen molar-refractivity contribution in [2.45, 2.75) is 57.2 Å². The molecule has 0 amide bonds. The van der Waals surface area contributed by atoms with Crippen LogP contribution < -0.4 is 5.32 Å². The molecule has 100 valence electrons. The Hall–Kier alpha value is -0.630. The maximum atomic E-state index is 3.78. The molecule has 1 aliphatic rings. The molecule has 1 fully saturated rings. The number of anilines is 1. The normalized spacial score (nSPS) is 24.9. The summed E-state index contributed by atoms with van der Waals surface area (Å²) < 4.78 is 0. The Balaban J connectivity index is 2.18. The van der Waals surface area contributed by atoms with Crippen LogP contribution in [0.1, 0.15) is 46.1 Å². The van der Waals surface area contributed by atoms with Crippen molar-refractivity contribution >= 4 is 17.4 Å². The Morgan fingerprint density at radius 1 is 1.22 bits per heavy atom. The molecule has 2 heteroatoms. The largest absolute Gasteiger partial charge is 0.381 e. The second kappa shape index (κ2) is 5.56. The third kappa shape index (κ3) is 3.23. The lowest BCUT2D eigenvalue weighted by Gasteiger charge is -2.32. The van der Waals surface area contributed by atoms with Crippen LogP contribution in [-0.2, 0) is 5.41 Å². The Morgan fingerprint density at radius 2 is 1.94 bits per heavy atom. The molecule has 2 atom stereocenters. The molecule has 0 saturated carbocycles. The fraction of sp³-hybridized carbons (Fsp3) is 0.625. The Morgan fingerprint density at radius 3 is 2.61 bits per heavy atom. The molecule has 0 aliphatic carbocycles. The number of hydrogen-bond acceptors (Lipinski definition) is 2. The molecule has 1 aliphatic heterocycles. The summed E-state index contributed by atoms with van der Waals surface area (Å²) in [6.45, 7) is 9.20. The van der Waals surface area contributed by atoms with Crippen molar-refractivity contribution in [2.24, 2.45) is 0 Å². The van der Waals surface area contributed by atoms with E-state index in [9.17, 15) is 0 Å². The number of para-hydroxylation sites is 1. The van der Waals surface area contributed by atoms with Crippen LogP contribution in [0.2, 0.25) is 0 Å². The van der Waals surface area contributed by atoms with E-state index in [0.717, 1.165) is 0 Å². The van der Waals surface area contributed by atoms with E-state index in [1.165, 1.54) is 29.8 Å². The molecule has 1 aromatic carbocycles. The first-order chi connectivity index (χ1) is 8.48. The summed E-state index contributed by atoms with van der Waals surface area (Å²) in [5.74, 6) is 1.32. The molecule has 2 unspecified atom stereocenters. The topological polar surface area (TPSA) is 12.0 Å². The minimum atomic E-state index is 0.203. The van der Waals surface area contributed by atoms with Gasteiger partial charge in [-0.15, -0.1) is 0 Å². The van der Waals surface area contributed by atoms with Crippen LogP contribution in [0.25, 0.3) is 0 Å². The maximum absolute atomic E-state index is 3.78. The van der Waals surface area contributed by atoms with Crippen molar-refractivity contribution in [1.29, 1.82) is 0 Å². The second-order valence-electron chi connectivity index (χ2n) is 6.26. The molecular weight excluding hydrogens is 238 g/mol. The molecule has 0 spiro atoms. The van der Waals surface area contributed by atoms with Crippen molar-refractivity contribution in [1.82, 2.24) is 0 Å². The SMILES string of the molecule is CC1SCCCC1Nc1ccccc1C(C)(C)C. The van der Waals surface area contributed by atoms with Gasteiger partial charge in [-0.3, -0.25) is 0 Å². The summed E-state index contributed by atoms with van der Waals surface area (Å²) in [5.41, 5.74) is 2.95. The van der Waals surface area contributed by atoms with Gasteiger partial charge in [0.1, 0.15) is 0 Å². The number of thioether (sulfide) groups is 1. The van der Waals surface area contributed by atoms with Crippen LogP contribution in [0.15, 0.2) is 24.3 Å². The van der Waals surface area contributed by atoms with Gasteiger partial charge in [-0.25, -0.2) is 0 Å². The Bertz CT molecular complexity index is 394. The first-order valence-electron chi connectivity index (χ1n) is 6.96. The van der Waals surface area contributed by atoms with Crippen molar-refractivity contribution in [2.75, 3.05) is 11.1 Å². The molecule has 2 rings (SSSR count). The summed E-state index contributed by atoms with van der Waals surface area (Å²) in [4.78, 5) is 0. The summed E-state index contributed by atoms with van der Waals surface area (Å²) in [7, 11) is 0. The summed E-state index contributed by atoms with van der Waals surface area (Å²) in [6, 6.07) is 9.38. The highest BCUT2D eigenvalue weighted by Crippen LogP contribution is 2.33. The zero-order valence-corrected chi connectivity index (χ0v) is 12.8. The van der Waals surface area contributed by atoms with Gasteiger partial charge in [0.2, 0.25) is 0 Å². The highest BCUT2D eigenvalue weighted by molar-refractivity contribution is 8.00. The van der Waals surface area contributed by atoms with E-state index in [0.29, 0.717) is 11.3 Å². The molecule has 1 heterocycles. The third-order valence-corrected chi connectivity index (χ3v) is 5.06. The van der Waals surface area contributed by atoms with Gasteiger partial charge in [0.05, 0.1) is 0 Å². The average molecular weight is 263 g/mol. The molecule has 1 saturated heterocycles. The van der Waals surface area contributed by atoms with Crippen LogP contribution in [0.5, 0.6) is 0 Å². The van der Waals surface area contributed by atoms with E-state index < -0.39 is 0 Å². The van der Waals surface area contributed by atoms with Crippen LogP contribution in [0.3, 0.4) is 0 Å². The number of rotatable bonds is 2. The number of hydrogen-bond donors (Lipinski definition) is 1. The van der Waals surface area contributed by atoms with Gasteiger partial charge in [0.25, 0.3) is 0 Å². The maximum Gasteiger partial charge on any atom is 0.0380 e. The molecule has 0 bridgehead atoms. The summed E-state index contributed by atoms with van der Waals surface area (Å²) in [6.07, 6.45) is 2.64. The van der Waals surface area contributed by atoms with Crippen molar-refractivity contribution in [3.8, 4) is 0 Å². The smallest absolute Gasteiger partial charge is 0.0380 e. The van der Waals surface area contributed by atoms with Crippen LogP contribution in [0.4, 0.5) is 5.69 Å². The first kappa shape index (κ1) is 13.8. The van der Waals surface area contributed by atoms with Gasteiger partial charge >= 0.3 is 0 Å². The zero-order chi connectivity index (χ0) is 13.2. The van der Waals surface area contributed by atoms with E-state index in [1.807, 2.05) is 0 Å². The zero-order valence-electron chi connectivity index (χ0n) is 12.0. The molecular formula is C16H25NS. The number of nitrogens with one attached hydrogen (secondary N) is 1. The average Bonchev–Trinajstić information content (AvgIpc) is 2.31. The van der Waals surface area contributed by atoms with E-state index >= 15 is 0 Å². The summed E-state index contributed by atoms with van der Waals surface area (Å²) in [5, 5.41) is 4.50. The minimum Gasteiger partial charge on any atom is -0.381 e. The minimum absolute atomic E-state index is 0.203. The fourth-order valence-corrected chi connectivity index (χ4v) is 3.72. The molecule has 0 aromatic heterocycles. The van der Waals surface area contributed by atoms with Gasteiger partial charge in [0.15, 0.2) is 0 Å². The molecule has 1 N–H and O–H groups in total. The van der Waals surface area contributed by atoms with Crippen molar-refractivity contribution in [3.05, 3.63) is 29.8 Å².